The maximum Gasteiger partial charge on any atom is 0.242 e. The summed E-state index contributed by atoms with van der Waals surface area (Å²) in [4.78, 5) is 27.4. The van der Waals surface area contributed by atoms with Crippen LogP contribution in [-0.4, -0.2) is 29.3 Å². The Kier molecular flexibility index (Phi) is 8.06. The summed E-state index contributed by atoms with van der Waals surface area (Å²) < 4.78 is 0. The van der Waals surface area contributed by atoms with E-state index in [1.807, 2.05) is 63.2 Å². The molecule has 1 N–H and O–H groups in total. The molecular weight excluding hydrogens is 372 g/mol. The Labute approximate surface area is 172 Å². The molecule has 5 heteroatoms. The zero-order valence-electron chi connectivity index (χ0n) is 17.0. The SMILES string of the molecule is Cc1ccc(CN(C(=O)Cc2ccccc2Cl)[C@H](C)C(=O)NCC(C)C)cc1. The number of hydrogen-bond acceptors (Lipinski definition) is 2. The first kappa shape index (κ1) is 22.0. The van der Waals surface area contributed by atoms with Gasteiger partial charge in [0.1, 0.15) is 6.04 Å². The fourth-order valence-corrected chi connectivity index (χ4v) is 3.03. The van der Waals surface area contributed by atoms with Crippen LogP contribution in [-0.2, 0) is 22.6 Å². The highest BCUT2D eigenvalue weighted by molar-refractivity contribution is 6.31. The first-order chi connectivity index (χ1) is 13.3. The summed E-state index contributed by atoms with van der Waals surface area (Å²) in [6.07, 6.45) is 0.160. The van der Waals surface area contributed by atoms with Crippen molar-refractivity contribution in [3.63, 3.8) is 0 Å². The summed E-state index contributed by atoms with van der Waals surface area (Å²) in [6, 6.07) is 14.7. The van der Waals surface area contributed by atoms with Gasteiger partial charge < -0.3 is 10.2 Å². The standard InChI is InChI=1S/C23H29ClN2O2/c1-16(2)14-25-23(28)18(4)26(15-19-11-9-17(3)10-12-19)22(27)13-20-7-5-6-8-21(20)24/h5-12,16,18H,13-15H2,1-4H3,(H,25,28)/t18-/m1/s1. The maximum absolute atomic E-state index is 13.1. The highest BCUT2D eigenvalue weighted by Gasteiger charge is 2.26. The van der Waals surface area contributed by atoms with Crippen LogP contribution in [0.1, 0.15) is 37.5 Å². The van der Waals surface area contributed by atoms with E-state index in [-0.39, 0.29) is 18.2 Å². The van der Waals surface area contributed by atoms with E-state index in [4.69, 9.17) is 11.6 Å². The van der Waals surface area contributed by atoms with Crippen LogP contribution >= 0.6 is 11.6 Å². The van der Waals surface area contributed by atoms with Gasteiger partial charge in [0, 0.05) is 18.1 Å². The molecule has 150 valence electrons. The molecule has 0 saturated heterocycles. The van der Waals surface area contributed by atoms with E-state index in [1.165, 1.54) is 0 Å². The van der Waals surface area contributed by atoms with Crippen LogP contribution in [0.2, 0.25) is 5.02 Å². The van der Waals surface area contributed by atoms with Crippen LogP contribution in [0.15, 0.2) is 48.5 Å². The molecule has 2 rings (SSSR count). The third-order valence-electron chi connectivity index (χ3n) is 4.62. The van der Waals surface area contributed by atoms with Crippen molar-refractivity contribution in [2.75, 3.05) is 6.54 Å². The lowest BCUT2D eigenvalue weighted by atomic mass is 10.1. The minimum Gasteiger partial charge on any atom is -0.354 e. The third kappa shape index (κ3) is 6.38. The van der Waals surface area contributed by atoms with Gasteiger partial charge in [0.15, 0.2) is 0 Å². The number of amides is 2. The second kappa shape index (κ2) is 10.3. The van der Waals surface area contributed by atoms with Crippen molar-refractivity contribution in [2.24, 2.45) is 5.92 Å². The minimum absolute atomic E-state index is 0.124. The zero-order chi connectivity index (χ0) is 20.7. The number of rotatable bonds is 8. The van der Waals surface area contributed by atoms with Gasteiger partial charge in [-0.1, -0.05) is 73.5 Å². The maximum atomic E-state index is 13.1. The van der Waals surface area contributed by atoms with Gasteiger partial charge in [-0.05, 0) is 37.0 Å². The second-order valence-electron chi connectivity index (χ2n) is 7.59. The fourth-order valence-electron chi connectivity index (χ4n) is 2.83. The van der Waals surface area contributed by atoms with E-state index < -0.39 is 6.04 Å². The molecule has 1 atom stereocenters. The van der Waals surface area contributed by atoms with Gasteiger partial charge in [-0.15, -0.1) is 0 Å². The van der Waals surface area contributed by atoms with E-state index in [0.717, 1.165) is 16.7 Å². The lowest BCUT2D eigenvalue weighted by Gasteiger charge is -2.29. The van der Waals surface area contributed by atoms with E-state index in [1.54, 1.807) is 17.9 Å². The van der Waals surface area contributed by atoms with Crippen LogP contribution in [0.25, 0.3) is 0 Å². The summed E-state index contributed by atoms with van der Waals surface area (Å²) in [6.45, 7) is 8.83. The predicted molar refractivity (Wildman–Crippen MR) is 114 cm³/mol. The van der Waals surface area contributed by atoms with Crippen molar-refractivity contribution in [3.05, 3.63) is 70.2 Å². The van der Waals surface area contributed by atoms with Gasteiger partial charge in [0.25, 0.3) is 0 Å². The quantitative estimate of drug-likeness (QED) is 0.714. The zero-order valence-corrected chi connectivity index (χ0v) is 17.8. The van der Waals surface area contributed by atoms with Crippen LogP contribution < -0.4 is 5.32 Å². The van der Waals surface area contributed by atoms with E-state index >= 15 is 0 Å². The van der Waals surface area contributed by atoms with E-state index in [2.05, 4.69) is 5.32 Å². The number of carbonyl (C=O) groups excluding carboxylic acids is 2. The van der Waals surface area contributed by atoms with Crippen molar-refractivity contribution in [1.82, 2.24) is 10.2 Å². The highest BCUT2D eigenvalue weighted by atomic mass is 35.5. The summed E-state index contributed by atoms with van der Waals surface area (Å²) >= 11 is 6.23. The first-order valence-corrected chi connectivity index (χ1v) is 10.0. The van der Waals surface area contributed by atoms with Crippen LogP contribution in [0.5, 0.6) is 0 Å². The summed E-state index contributed by atoms with van der Waals surface area (Å²) in [7, 11) is 0. The number of halogens is 1. The fraction of sp³-hybridized carbons (Fsp3) is 0.391. The molecule has 0 fully saturated rings. The molecule has 2 aromatic rings. The molecule has 0 saturated carbocycles. The lowest BCUT2D eigenvalue weighted by molar-refractivity contribution is -0.140. The number of nitrogens with zero attached hydrogens (tertiary/aromatic N) is 1. The van der Waals surface area contributed by atoms with Gasteiger partial charge in [-0.25, -0.2) is 0 Å². The number of aryl methyl sites for hydroxylation is 1. The normalized spacial score (nSPS) is 11.9. The lowest BCUT2D eigenvalue weighted by Crippen LogP contribution is -2.48. The average Bonchev–Trinajstić information content (AvgIpc) is 2.66. The van der Waals surface area contributed by atoms with Gasteiger partial charge in [0.2, 0.25) is 11.8 Å². The molecule has 2 amide bonds. The predicted octanol–water partition coefficient (Wildman–Crippen LogP) is 4.38. The van der Waals surface area contributed by atoms with Crippen LogP contribution in [0.4, 0.5) is 0 Å². The smallest absolute Gasteiger partial charge is 0.242 e. The van der Waals surface area contributed by atoms with Gasteiger partial charge >= 0.3 is 0 Å². The van der Waals surface area contributed by atoms with Crippen molar-refractivity contribution in [2.45, 2.75) is 46.7 Å². The second-order valence-corrected chi connectivity index (χ2v) is 8.00. The van der Waals surface area contributed by atoms with Gasteiger partial charge in [-0.2, -0.15) is 0 Å². The van der Waals surface area contributed by atoms with Crippen LogP contribution in [0, 0.1) is 12.8 Å². The number of nitrogens with one attached hydrogen (secondary N) is 1. The van der Waals surface area contributed by atoms with Crippen molar-refractivity contribution >= 4 is 23.4 Å². The molecule has 0 aromatic heterocycles. The molecule has 0 bridgehead atoms. The largest absolute Gasteiger partial charge is 0.354 e. The Morgan fingerprint density at radius 2 is 1.68 bits per heavy atom. The topological polar surface area (TPSA) is 49.4 Å². The number of benzene rings is 2. The van der Waals surface area contributed by atoms with Crippen molar-refractivity contribution < 1.29 is 9.59 Å². The van der Waals surface area contributed by atoms with Crippen molar-refractivity contribution in [1.29, 1.82) is 0 Å². The Balaban J connectivity index is 2.21. The Hall–Kier alpha value is -2.33. The average molecular weight is 401 g/mol. The Morgan fingerprint density at radius 1 is 1.04 bits per heavy atom. The summed E-state index contributed by atoms with van der Waals surface area (Å²) in [5.74, 6) is 0.0784. The van der Waals surface area contributed by atoms with Gasteiger partial charge in [0.05, 0.1) is 6.42 Å². The molecule has 0 radical (unpaired) electrons. The van der Waals surface area contributed by atoms with E-state index in [9.17, 15) is 9.59 Å². The molecule has 0 spiro atoms. The Bertz CT molecular complexity index is 803. The van der Waals surface area contributed by atoms with Crippen molar-refractivity contribution in [3.8, 4) is 0 Å². The number of hydrogen-bond donors (Lipinski definition) is 1. The first-order valence-electron chi connectivity index (χ1n) is 9.64. The monoisotopic (exact) mass is 400 g/mol. The summed E-state index contributed by atoms with van der Waals surface area (Å²) in [5.41, 5.74) is 2.90. The molecule has 0 heterocycles. The highest BCUT2D eigenvalue weighted by Crippen LogP contribution is 2.18. The molecule has 2 aromatic carbocycles. The number of carbonyl (C=O) groups is 2. The van der Waals surface area contributed by atoms with Crippen LogP contribution in [0.3, 0.4) is 0 Å². The molecule has 0 aliphatic carbocycles. The third-order valence-corrected chi connectivity index (χ3v) is 4.99. The molecule has 4 nitrogen and oxygen atoms in total. The summed E-state index contributed by atoms with van der Waals surface area (Å²) in [5, 5.41) is 3.49. The van der Waals surface area contributed by atoms with Gasteiger partial charge in [-0.3, -0.25) is 9.59 Å². The molecule has 28 heavy (non-hydrogen) atoms. The molecular formula is C23H29ClN2O2. The minimum atomic E-state index is -0.574. The molecule has 0 aliphatic heterocycles. The molecule has 0 aliphatic rings. The van der Waals surface area contributed by atoms with E-state index in [0.29, 0.717) is 24.0 Å². The Morgan fingerprint density at radius 3 is 2.29 bits per heavy atom. The molecule has 0 unspecified atom stereocenters.